The van der Waals surface area contributed by atoms with Crippen molar-refractivity contribution in [3.8, 4) is 11.5 Å². The van der Waals surface area contributed by atoms with E-state index in [-0.39, 0.29) is 5.69 Å². The maximum atomic E-state index is 13.9. The quantitative estimate of drug-likeness (QED) is 0.617. The predicted octanol–water partition coefficient (Wildman–Crippen LogP) is 4.40. The van der Waals surface area contributed by atoms with Crippen molar-refractivity contribution < 1.29 is 13.9 Å². The van der Waals surface area contributed by atoms with Crippen LogP contribution in [0.1, 0.15) is 26.3 Å². The summed E-state index contributed by atoms with van der Waals surface area (Å²) in [4.78, 5) is 11.8. The summed E-state index contributed by atoms with van der Waals surface area (Å²) in [5.41, 5.74) is 3.05. The van der Waals surface area contributed by atoms with Gasteiger partial charge in [0.15, 0.2) is 0 Å². The van der Waals surface area contributed by atoms with Crippen LogP contribution in [0.3, 0.4) is 0 Å². The third kappa shape index (κ3) is 6.45. The summed E-state index contributed by atoms with van der Waals surface area (Å²) in [6.07, 6.45) is -0.691. The number of halogens is 1. The molecule has 3 nitrogen and oxygen atoms in total. The number of anilines is 1. The lowest BCUT2D eigenvalue weighted by molar-refractivity contribution is 0.0635. The topological polar surface area (TPSA) is 38.3 Å². The molecule has 0 unspecified atom stereocenters. The first-order chi connectivity index (χ1) is 9.48. The summed E-state index contributed by atoms with van der Waals surface area (Å²) in [5.74, 6) is 2.44. The summed E-state index contributed by atoms with van der Waals surface area (Å²) in [5, 5.41) is 2.45. The van der Waals surface area contributed by atoms with Crippen molar-refractivity contribution in [1.82, 2.24) is 0 Å². The van der Waals surface area contributed by atoms with Crippen LogP contribution in [0.25, 0.3) is 0 Å². The molecule has 0 saturated heterocycles. The van der Waals surface area contributed by atoms with Gasteiger partial charge in [-0.1, -0.05) is 31.6 Å². The Morgan fingerprint density at radius 3 is 2.43 bits per heavy atom. The molecule has 1 aromatic carbocycles. The van der Waals surface area contributed by atoms with Gasteiger partial charge < -0.3 is 4.74 Å². The summed E-state index contributed by atoms with van der Waals surface area (Å²) >= 11 is 0. The van der Waals surface area contributed by atoms with E-state index in [1.54, 1.807) is 32.9 Å². The molecule has 1 amide bonds. The molecule has 0 fully saturated rings. The number of hydrogen-bond donors (Lipinski definition) is 1. The van der Waals surface area contributed by atoms with Crippen molar-refractivity contribution in [2.24, 2.45) is 0 Å². The molecular weight excluding hydrogens is 285 g/mol. The molecule has 0 aliphatic carbocycles. The van der Waals surface area contributed by atoms with Gasteiger partial charge in [0.2, 0.25) is 0 Å². The molecule has 0 heterocycles. The molecule has 0 saturated carbocycles. The van der Waals surface area contributed by atoms with Gasteiger partial charge in [-0.15, -0.1) is 5.54 Å². The van der Waals surface area contributed by atoms with Gasteiger partial charge in [0, 0.05) is 0 Å². The first kappa shape index (κ1) is 17.2. The molecule has 1 N–H and O–H groups in total. The van der Waals surface area contributed by atoms with E-state index in [9.17, 15) is 9.18 Å². The maximum absolute atomic E-state index is 13.9. The predicted molar refractivity (Wildman–Crippen MR) is 86.5 cm³/mol. The van der Waals surface area contributed by atoms with E-state index in [1.807, 2.05) is 0 Å². The lowest BCUT2D eigenvalue weighted by Crippen LogP contribution is -2.27. The monoisotopic (exact) mass is 307 g/mol. The van der Waals surface area contributed by atoms with Crippen molar-refractivity contribution in [1.29, 1.82) is 0 Å². The molecule has 0 radical (unpaired) electrons. The summed E-state index contributed by atoms with van der Waals surface area (Å²) in [6.45, 7) is 11.5. The van der Waals surface area contributed by atoms with Crippen LogP contribution in [0.5, 0.6) is 0 Å². The third-order valence-electron chi connectivity index (χ3n) is 2.21. The number of ether oxygens (including phenoxy) is 1. The molecule has 0 aromatic heterocycles. The van der Waals surface area contributed by atoms with Crippen LogP contribution in [0, 0.1) is 17.3 Å². The van der Waals surface area contributed by atoms with Gasteiger partial charge in [-0.2, -0.15) is 0 Å². The minimum atomic E-state index is -1.59. The normalized spacial score (nSPS) is 11.4. The molecule has 5 heteroatoms. The van der Waals surface area contributed by atoms with Crippen LogP contribution in [0.2, 0.25) is 19.6 Å². The maximum Gasteiger partial charge on any atom is 0.412 e. The molecule has 0 bridgehead atoms. The van der Waals surface area contributed by atoms with E-state index in [4.69, 9.17) is 4.74 Å². The van der Waals surface area contributed by atoms with Crippen LogP contribution >= 0.6 is 0 Å². The Bertz CT molecular complexity index is 589. The standard InChI is InChI=1S/C16H22FNO2Si/c1-16(2,3)20-15(19)18-14-12(8-7-9-13(14)17)10-11-21(4,5)6/h7-9H,1-6H3,(H,18,19). The number of amides is 1. The summed E-state index contributed by atoms with van der Waals surface area (Å²) in [6, 6.07) is 4.54. The smallest absolute Gasteiger partial charge is 0.412 e. The van der Waals surface area contributed by atoms with Crippen molar-refractivity contribution >= 4 is 19.9 Å². The van der Waals surface area contributed by atoms with Crippen molar-refractivity contribution in [3.05, 3.63) is 29.6 Å². The van der Waals surface area contributed by atoms with Gasteiger partial charge in [0.05, 0.1) is 11.3 Å². The average molecular weight is 307 g/mol. The Morgan fingerprint density at radius 2 is 1.90 bits per heavy atom. The highest BCUT2D eigenvalue weighted by molar-refractivity contribution is 6.83. The Labute approximate surface area is 126 Å². The van der Waals surface area contributed by atoms with Crippen molar-refractivity contribution in [2.45, 2.75) is 46.0 Å². The second-order valence-corrected chi connectivity index (χ2v) is 11.5. The fourth-order valence-electron chi connectivity index (χ4n) is 1.42. The summed E-state index contributed by atoms with van der Waals surface area (Å²) < 4.78 is 19.1. The molecule has 21 heavy (non-hydrogen) atoms. The zero-order valence-electron chi connectivity index (χ0n) is 13.4. The highest BCUT2D eigenvalue weighted by Gasteiger charge is 2.18. The molecular formula is C16H22FNO2Si. The molecule has 0 spiro atoms. The number of carbonyl (C=O) groups is 1. The zero-order chi connectivity index (χ0) is 16.3. The van der Waals surface area contributed by atoms with Crippen LogP contribution in [0.4, 0.5) is 14.9 Å². The van der Waals surface area contributed by atoms with E-state index < -0.39 is 25.6 Å². The van der Waals surface area contributed by atoms with Gasteiger partial charge in [-0.05, 0) is 32.9 Å². The van der Waals surface area contributed by atoms with Crippen LogP contribution in [-0.2, 0) is 4.74 Å². The third-order valence-corrected chi connectivity index (χ3v) is 3.09. The number of rotatable bonds is 1. The van der Waals surface area contributed by atoms with Crippen molar-refractivity contribution in [2.75, 3.05) is 5.32 Å². The van der Waals surface area contributed by atoms with Gasteiger partial charge in [0.25, 0.3) is 0 Å². The van der Waals surface area contributed by atoms with E-state index in [0.29, 0.717) is 5.56 Å². The van der Waals surface area contributed by atoms with Crippen LogP contribution < -0.4 is 5.32 Å². The highest BCUT2D eigenvalue weighted by Crippen LogP contribution is 2.20. The fraction of sp³-hybridized carbons (Fsp3) is 0.438. The molecule has 0 aliphatic heterocycles. The minimum absolute atomic E-state index is 0.0671. The van der Waals surface area contributed by atoms with Crippen LogP contribution in [-0.4, -0.2) is 19.8 Å². The lowest BCUT2D eigenvalue weighted by Gasteiger charge is -2.20. The molecule has 114 valence electrons. The number of para-hydroxylation sites is 1. The van der Waals surface area contributed by atoms with E-state index >= 15 is 0 Å². The first-order valence-corrected chi connectivity index (χ1v) is 10.3. The molecule has 0 atom stereocenters. The second kappa shape index (κ2) is 6.31. The molecule has 0 aliphatic rings. The molecule has 1 aromatic rings. The number of hydrogen-bond acceptors (Lipinski definition) is 2. The van der Waals surface area contributed by atoms with Gasteiger partial charge in [-0.3, -0.25) is 5.32 Å². The Morgan fingerprint density at radius 1 is 1.29 bits per heavy atom. The number of carbonyl (C=O) groups excluding carboxylic acids is 1. The SMILES string of the molecule is CC(C)(C)OC(=O)Nc1c(F)cccc1C#C[Si](C)(C)C. The molecule has 1 rings (SSSR count). The Balaban J connectivity index is 3.06. The summed E-state index contributed by atoms with van der Waals surface area (Å²) in [7, 11) is -1.59. The Kier molecular flexibility index (Phi) is 5.19. The lowest BCUT2D eigenvalue weighted by atomic mass is 10.2. The highest BCUT2D eigenvalue weighted by atomic mass is 28.3. The number of benzene rings is 1. The van der Waals surface area contributed by atoms with Gasteiger partial charge in [0.1, 0.15) is 19.5 Å². The number of nitrogens with one attached hydrogen (secondary N) is 1. The first-order valence-electron chi connectivity index (χ1n) is 6.80. The fourth-order valence-corrected chi connectivity index (χ4v) is 1.93. The second-order valence-electron chi connectivity index (χ2n) is 6.79. The van der Waals surface area contributed by atoms with E-state index in [2.05, 4.69) is 36.4 Å². The van der Waals surface area contributed by atoms with Gasteiger partial charge >= 0.3 is 6.09 Å². The van der Waals surface area contributed by atoms with Crippen molar-refractivity contribution in [3.63, 3.8) is 0 Å². The van der Waals surface area contributed by atoms with Gasteiger partial charge in [-0.25, -0.2) is 9.18 Å². The Hall–Kier alpha value is -1.80. The minimum Gasteiger partial charge on any atom is -0.444 e. The van der Waals surface area contributed by atoms with Crippen LogP contribution in [0.15, 0.2) is 18.2 Å². The average Bonchev–Trinajstić information content (AvgIpc) is 2.26. The zero-order valence-corrected chi connectivity index (χ0v) is 14.4. The van der Waals surface area contributed by atoms with E-state index in [1.165, 1.54) is 6.07 Å². The van der Waals surface area contributed by atoms with E-state index in [0.717, 1.165) is 0 Å². The largest absolute Gasteiger partial charge is 0.444 e.